The Balaban J connectivity index is 0.00000496. The molecule has 1 aromatic heterocycles. The Morgan fingerprint density at radius 1 is 1.09 bits per heavy atom. The fraction of sp³-hybridized carbons (Fsp3) is 0.659. The van der Waals surface area contributed by atoms with Crippen molar-refractivity contribution in [1.82, 2.24) is 14.6 Å². The lowest BCUT2D eigenvalue weighted by molar-refractivity contribution is -0.151. The molecule has 6 aliphatic rings. The Morgan fingerprint density at radius 2 is 1.86 bits per heavy atom. The number of hydrogen-bond donors (Lipinski definition) is 1. The third-order valence-electron chi connectivity index (χ3n) is 13.2. The van der Waals surface area contributed by atoms with E-state index in [0.29, 0.717) is 61.6 Å². The first-order valence-electron chi connectivity index (χ1n) is 20.7. The summed E-state index contributed by atoms with van der Waals surface area (Å²) in [6.07, 6.45) is 11.5. The SMILES string of the molecule is C.CC(C)COC(=O)C[C@H]1CCCCC/C=C\[C@@H]2C[C@@]2(C(=O)NS(=O)(=O)C2(C)CC2)CC(=O)[C@@H]2C[C@]3(CCc4c(c(C5CC5)nc5ccc(F)cc45)O3)CN2C1=O. The molecule has 1 saturated heterocycles. The zero-order valence-corrected chi connectivity index (χ0v) is 33.6. The first kappa shape index (κ1) is 41.3. The van der Waals surface area contributed by atoms with Crippen molar-refractivity contribution in [1.29, 1.82) is 0 Å². The van der Waals surface area contributed by atoms with Crippen LogP contribution in [0.4, 0.5) is 4.39 Å². The van der Waals surface area contributed by atoms with Crippen LogP contribution in [0.5, 0.6) is 5.75 Å². The van der Waals surface area contributed by atoms with Crippen LogP contribution in [0.25, 0.3) is 10.9 Å². The second-order valence-corrected chi connectivity index (χ2v) is 20.4. The molecule has 13 heteroatoms. The summed E-state index contributed by atoms with van der Waals surface area (Å²) in [4.78, 5) is 63.4. The van der Waals surface area contributed by atoms with Gasteiger partial charge in [-0.3, -0.25) is 23.9 Å². The van der Waals surface area contributed by atoms with Gasteiger partial charge in [0.05, 0.1) is 47.0 Å². The van der Waals surface area contributed by atoms with E-state index >= 15 is 0 Å². The van der Waals surface area contributed by atoms with Gasteiger partial charge in [0.25, 0.3) is 0 Å². The maximum Gasteiger partial charge on any atom is 0.306 e. The number of allylic oxidation sites excluding steroid dienone is 2. The fourth-order valence-electron chi connectivity index (χ4n) is 9.15. The second-order valence-electron chi connectivity index (χ2n) is 18.3. The predicted molar refractivity (Wildman–Crippen MR) is 213 cm³/mol. The quantitative estimate of drug-likeness (QED) is 0.215. The lowest BCUT2D eigenvalue weighted by Crippen LogP contribution is -2.48. The van der Waals surface area contributed by atoms with Gasteiger partial charge in [-0.05, 0) is 101 Å². The molecule has 1 aromatic carbocycles. The van der Waals surface area contributed by atoms with Crippen molar-refractivity contribution in [3.8, 4) is 5.75 Å². The number of hydrogen-bond acceptors (Lipinski definition) is 9. The highest BCUT2D eigenvalue weighted by molar-refractivity contribution is 7.91. The number of sulfonamides is 1. The van der Waals surface area contributed by atoms with Crippen molar-refractivity contribution in [2.75, 3.05) is 13.2 Å². The molecule has 0 bridgehead atoms. The highest BCUT2D eigenvalue weighted by atomic mass is 32.2. The van der Waals surface area contributed by atoms with E-state index < -0.39 is 49.6 Å². The highest BCUT2D eigenvalue weighted by Crippen LogP contribution is 2.58. The zero-order valence-electron chi connectivity index (χ0n) is 32.7. The standard InChI is InChI=1S/C43H54FN3O8S.CH4/c1-26(2)24-54-36(49)19-28-9-7-5-4-6-8-10-29-21-43(29,40(51)46-56(52,53)41(3)17-18-41)23-35(48)34-22-42(25-47(34)39(28)50)16-15-31-32-20-30(44)13-14-33(32)45-37(27-11-12-27)38(31)55-42;/h8,10,13-14,20,26-29,34H,4-7,9,11-12,15-19,21-25H2,1-3H3,(H,46,51);1H4/b10-8-;/t28-,29-,34+,42-,43-;/m1./s1. The van der Waals surface area contributed by atoms with Crippen molar-refractivity contribution in [2.45, 2.75) is 147 Å². The summed E-state index contributed by atoms with van der Waals surface area (Å²) in [7, 11) is -3.95. The number of aryl methyl sites for hydroxylation is 1. The Kier molecular flexibility index (Phi) is 11.1. The van der Waals surface area contributed by atoms with Crippen molar-refractivity contribution < 1.29 is 41.5 Å². The van der Waals surface area contributed by atoms with Gasteiger partial charge in [-0.1, -0.05) is 46.3 Å². The van der Waals surface area contributed by atoms with Crippen LogP contribution >= 0.6 is 0 Å². The van der Waals surface area contributed by atoms with Crippen molar-refractivity contribution >= 4 is 44.5 Å². The summed E-state index contributed by atoms with van der Waals surface area (Å²) in [5, 5.41) is 0.690. The molecular weight excluding hydrogens is 750 g/mol. The largest absolute Gasteiger partial charge is 0.483 e. The van der Waals surface area contributed by atoms with Crippen LogP contribution in [0, 0.1) is 29.0 Å². The number of nitrogens with zero attached hydrogens (tertiary/aromatic N) is 2. The number of aromatic nitrogens is 1. The number of ketones is 1. The third-order valence-corrected chi connectivity index (χ3v) is 15.4. The molecule has 310 valence electrons. The number of rotatable bonds is 8. The van der Waals surface area contributed by atoms with Gasteiger partial charge in [0.2, 0.25) is 21.8 Å². The minimum absolute atomic E-state index is 0. The summed E-state index contributed by atoms with van der Waals surface area (Å²) in [5.41, 5.74) is 0.176. The number of fused-ring (bicyclic) bond motifs is 5. The molecule has 1 N–H and O–H groups in total. The first-order chi connectivity index (χ1) is 26.6. The van der Waals surface area contributed by atoms with Gasteiger partial charge in [-0.15, -0.1) is 0 Å². The molecule has 3 saturated carbocycles. The maximum atomic E-state index is 14.8. The van der Waals surface area contributed by atoms with Crippen LogP contribution in [0.2, 0.25) is 0 Å². The van der Waals surface area contributed by atoms with Gasteiger partial charge in [0, 0.05) is 35.6 Å². The summed E-state index contributed by atoms with van der Waals surface area (Å²) in [5.74, 6) is -2.25. The molecule has 5 atom stereocenters. The van der Waals surface area contributed by atoms with Gasteiger partial charge >= 0.3 is 5.97 Å². The number of halogens is 1. The number of nitrogens with one attached hydrogen (secondary N) is 1. The van der Waals surface area contributed by atoms with Crippen LogP contribution in [0.3, 0.4) is 0 Å². The number of ether oxygens (including phenoxy) is 2. The third kappa shape index (κ3) is 8.11. The first-order valence-corrected chi connectivity index (χ1v) is 22.1. The van der Waals surface area contributed by atoms with E-state index in [1.807, 2.05) is 26.0 Å². The summed E-state index contributed by atoms with van der Waals surface area (Å²) < 4.78 is 55.0. The number of carbonyl (C=O) groups is 4. The number of carbonyl (C=O) groups excluding carboxylic acids is 4. The van der Waals surface area contributed by atoms with Crippen LogP contribution in [0.15, 0.2) is 30.4 Å². The van der Waals surface area contributed by atoms with E-state index in [1.165, 1.54) is 12.1 Å². The van der Waals surface area contributed by atoms with E-state index in [-0.39, 0.29) is 75.1 Å². The van der Waals surface area contributed by atoms with E-state index in [4.69, 9.17) is 14.5 Å². The van der Waals surface area contributed by atoms with Gasteiger partial charge in [0.15, 0.2) is 5.78 Å². The second kappa shape index (κ2) is 15.4. The maximum absolute atomic E-state index is 14.8. The molecule has 1 spiro atoms. The monoisotopic (exact) mass is 807 g/mol. The Labute approximate surface area is 335 Å². The topological polar surface area (TPSA) is 149 Å². The lowest BCUT2D eigenvalue weighted by atomic mass is 9.85. The van der Waals surface area contributed by atoms with E-state index in [1.54, 1.807) is 17.9 Å². The molecule has 8 rings (SSSR count). The number of benzene rings is 1. The molecule has 3 aliphatic carbocycles. The van der Waals surface area contributed by atoms with Crippen LogP contribution in [-0.4, -0.2) is 71.4 Å². The molecule has 0 unspecified atom stereocenters. The van der Waals surface area contributed by atoms with Gasteiger partial charge in [-0.2, -0.15) is 0 Å². The molecule has 2 aromatic rings. The van der Waals surface area contributed by atoms with E-state index in [2.05, 4.69) is 4.72 Å². The number of esters is 1. The predicted octanol–water partition coefficient (Wildman–Crippen LogP) is 7.24. The number of Topliss-reactive ketones (excluding diaryl/α,β-unsaturated/α-hetero) is 1. The molecule has 11 nitrogen and oxygen atoms in total. The average Bonchev–Trinajstić information content (AvgIpc) is 4.09. The van der Waals surface area contributed by atoms with Gasteiger partial charge in [-0.25, -0.2) is 17.8 Å². The van der Waals surface area contributed by atoms with Crippen LogP contribution < -0.4 is 9.46 Å². The van der Waals surface area contributed by atoms with E-state index in [9.17, 15) is 32.0 Å². The molecule has 0 radical (unpaired) electrons. The Hall–Kier alpha value is -3.87. The molecule has 3 aliphatic heterocycles. The molecule has 2 amide bonds. The van der Waals surface area contributed by atoms with Crippen LogP contribution in [0.1, 0.15) is 135 Å². The molecule has 4 fully saturated rings. The Morgan fingerprint density at radius 3 is 2.58 bits per heavy atom. The zero-order chi connectivity index (χ0) is 39.6. The van der Waals surface area contributed by atoms with Crippen molar-refractivity contribution in [3.05, 3.63) is 47.4 Å². The van der Waals surface area contributed by atoms with Gasteiger partial charge in [0.1, 0.15) is 17.2 Å². The lowest BCUT2D eigenvalue weighted by Gasteiger charge is -2.37. The normalized spacial score (nSPS) is 30.2. The fourth-order valence-corrected chi connectivity index (χ4v) is 10.5. The molecule has 4 heterocycles. The Bertz CT molecular complexity index is 2090. The number of pyridine rings is 1. The van der Waals surface area contributed by atoms with Crippen LogP contribution in [-0.2, 0) is 40.4 Å². The summed E-state index contributed by atoms with van der Waals surface area (Å²) >= 11 is 0. The smallest absolute Gasteiger partial charge is 0.306 e. The van der Waals surface area contributed by atoms with Crippen molar-refractivity contribution in [2.24, 2.45) is 23.2 Å². The average molecular weight is 808 g/mol. The minimum atomic E-state index is -3.95. The van der Waals surface area contributed by atoms with Crippen molar-refractivity contribution in [3.63, 3.8) is 0 Å². The van der Waals surface area contributed by atoms with E-state index in [0.717, 1.165) is 43.4 Å². The minimum Gasteiger partial charge on any atom is -0.483 e. The number of amides is 2. The molecular formula is C44H58FN3O8S. The highest BCUT2D eigenvalue weighted by Gasteiger charge is 2.63. The molecule has 57 heavy (non-hydrogen) atoms. The summed E-state index contributed by atoms with van der Waals surface area (Å²) in [6, 6.07) is 3.63. The summed E-state index contributed by atoms with van der Waals surface area (Å²) in [6.45, 7) is 5.85. The van der Waals surface area contributed by atoms with Gasteiger partial charge < -0.3 is 14.4 Å².